The molecule has 0 aromatic heterocycles. The number of nitro benzene ring substituents is 1. The summed E-state index contributed by atoms with van der Waals surface area (Å²) in [5, 5.41) is 11.6. The Morgan fingerprint density at radius 3 is 1.95 bits per heavy atom. The second-order valence-electron chi connectivity index (χ2n) is 13.4. The predicted molar refractivity (Wildman–Crippen MR) is 159 cm³/mol. The van der Waals surface area contributed by atoms with Crippen LogP contribution in [0.15, 0.2) is 58.9 Å². The van der Waals surface area contributed by atoms with Crippen molar-refractivity contribution in [3.63, 3.8) is 0 Å². The number of carbonyl (C=O) groups excluding carboxylic acids is 2. The first-order valence-electron chi connectivity index (χ1n) is 14.6. The third-order valence-corrected chi connectivity index (χ3v) is 8.76. The summed E-state index contributed by atoms with van der Waals surface area (Å²) in [4.78, 5) is 40.5. The topological polar surface area (TPSA) is 89.8 Å². The second kappa shape index (κ2) is 11.1. The Morgan fingerprint density at radius 2 is 1.48 bits per heavy atom. The Labute approximate surface area is 258 Å². The maximum Gasteiger partial charge on any atom is 0.416 e. The van der Waals surface area contributed by atoms with Crippen molar-refractivity contribution in [3.05, 3.63) is 85.2 Å². The zero-order valence-electron chi connectivity index (χ0n) is 25.2. The largest absolute Gasteiger partial charge is 0.449 e. The van der Waals surface area contributed by atoms with Gasteiger partial charge in [-0.25, -0.2) is 0 Å². The molecular weight excluding hydrogens is 597 g/mol. The summed E-state index contributed by atoms with van der Waals surface area (Å²) >= 11 is 6.64. The Morgan fingerprint density at radius 1 is 0.932 bits per heavy atom. The van der Waals surface area contributed by atoms with Crippen molar-refractivity contribution in [2.24, 2.45) is 10.8 Å². The number of benzene rings is 2. The number of halogens is 4. The number of nitro groups is 1. The highest BCUT2D eigenvalue weighted by molar-refractivity contribution is 6.32. The SMILES string of the molecule is CCCN1C2=C(C(=O)CC(C)(C)C2)C(c2ccc(Oc3ccc(C(F)(F)F)cc3[N+](=O)[O-])c(Cl)c2)C2=C1CC(C)(C)CC2=O. The fourth-order valence-corrected chi connectivity index (χ4v) is 6.92. The van der Waals surface area contributed by atoms with Crippen LogP contribution in [0.5, 0.6) is 11.5 Å². The average molecular weight is 631 g/mol. The molecule has 44 heavy (non-hydrogen) atoms. The average Bonchev–Trinajstić information content (AvgIpc) is 2.88. The van der Waals surface area contributed by atoms with Gasteiger partial charge < -0.3 is 9.64 Å². The number of carbonyl (C=O) groups is 2. The van der Waals surface area contributed by atoms with Gasteiger partial charge in [-0.15, -0.1) is 0 Å². The van der Waals surface area contributed by atoms with Crippen LogP contribution in [0.3, 0.4) is 0 Å². The molecule has 5 rings (SSSR count). The molecule has 1 aliphatic heterocycles. The summed E-state index contributed by atoms with van der Waals surface area (Å²) in [6.07, 6.45) is -1.94. The van der Waals surface area contributed by atoms with Crippen molar-refractivity contribution in [2.45, 2.75) is 78.8 Å². The third kappa shape index (κ3) is 5.88. The zero-order valence-corrected chi connectivity index (χ0v) is 26.0. The van der Waals surface area contributed by atoms with Gasteiger partial charge in [-0.1, -0.05) is 52.3 Å². The van der Waals surface area contributed by atoms with Crippen LogP contribution in [-0.2, 0) is 15.8 Å². The summed E-state index contributed by atoms with van der Waals surface area (Å²) in [5.74, 6) is -1.12. The lowest BCUT2D eigenvalue weighted by molar-refractivity contribution is -0.385. The summed E-state index contributed by atoms with van der Waals surface area (Å²) in [6, 6.07) is 6.69. The highest BCUT2D eigenvalue weighted by Crippen LogP contribution is 2.55. The Bertz CT molecular complexity index is 1590. The maximum absolute atomic E-state index is 13.9. The molecule has 2 aromatic carbocycles. The number of hydrogen-bond donors (Lipinski definition) is 0. The van der Waals surface area contributed by atoms with Gasteiger partial charge in [0.15, 0.2) is 11.6 Å². The minimum Gasteiger partial charge on any atom is -0.449 e. The lowest BCUT2D eigenvalue weighted by atomic mass is 9.63. The molecule has 0 amide bonds. The Hall–Kier alpha value is -3.66. The van der Waals surface area contributed by atoms with Crippen LogP contribution in [-0.4, -0.2) is 27.9 Å². The van der Waals surface area contributed by atoms with E-state index in [4.69, 9.17) is 16.3 Å². The predicted octanol–water partition coefficient (Wildman–Crippen LogP) is 9.15. The lowest BCUT2D eigenvalue weighted by Gasteiger charge is -2.49. The van der Waals surface area contributed by atoms with Crippen LogP contribution in [0, 0.1) is 20.9 Å². The standard InChI is InChI=1S/C33H34ClF3N2O5/c1-6-11-38-22-14-31(2,3)16-24(40)29(22)28(30-23(38)15-32(4,5)17-25(30)41)18-7-9-26(20(34)12-18)44-27-10-8-19(33(35,36)37)13-21(27)39(42)43/h7-10,12-13,28H,6,11,14-17H2,1-5H3. The van der Waals surface area contributed by atoms with Crippen LogP contribution in [0.25, 0.3) is 0 Å². The van der Waals surface area contributed by atoms with Gasteiger partial charge in [-0.2, -0.15) is 13.2 Å². The molecule has 3 aliphatic rings. The number of alkyl halides is 3. The first-order chi connectivity index (χ1) is 20.4. The quantitative estimate of drug-likeness (QED) is 0.233. The molecule has 0 spiro atoms. The minimum atomic E-state index is -4.77. The molecule has 1 heterocycles. The van der Waals surface area contributed by atoms with Gasteiger partial charge in [0.05, 0.1) is 15.5 Å². The first-order valence-corrected chi connectivity index (χ1v) is 14.9. The summed E-state index contributed by atoms with van der Waals surface area (Å²) in [6.45, 7) is 11.0. The number of ketones is 2. The van der Waals surface area contributed by atoms with E-state index in [-0.39, 0.29) is 33.2 Å². The fraction of sp³-hybridized carbons (Fsp3) is 0.455. The van der Waals surface area contributed by atoms with Gasteiger partial charge in [0, 0.05) is 53.9 Å². The molecule has 2 aromatic rings. The number of rotatable bonds is 6. The van der Waals surface area contributed by atoms with Crippen LogP contribution >= 0.6 is 11.6 Å². The van der Waals surface area contributed by atoms with E-state index in [1.165, 1.54) is 6.07 Å². The van der Waals surface area contributed by atoms with E-state index < -0.39 is 34.0 Å². The van der Waals surface area contributed by atoms with Gasteiger partial charge in [-0.3, -0.25) is 19.7 Å². The summed E-state index contributed by atoms with van der Waals surface area (Å²) < 4.78 is 45.2. The van der Waals surface area contributed by atoms with Crippen LogP contribution in [0.2, 0.25) is 5.02 Å². The number of hydrogen-bond acceptors (Lipinski definition) is 6. The number of ether oxygens (including phenoxy) is 1. The van der Waals surface area contributed by atoms with Gasteiger partial charge in [0.25, 0.3) is 0 Å². The Balaban J connectivity index is 1.62. The van der Waals surface area contributed by atoms with Crippen LogP contribution in [0.4, 0.5) is 18.9 Å². The lowest BCUT2D eigenvalue weighted by Crippen LogP contribution is -2.44. The molecule has 7 nitrogen and oxygen atoms in total. The van der Waals surface area contributed by atoms with Crippen LogP contribution in [0.1, 0.15) is 83.8 Å². The summed E-state index contributed by atoms with van der Waals surface area (Å²) in [7, 11) is 0. The number of allylic oxidation sites excluding steroid dienone is 4. The van der Waals surface area contributed by atoms with Gasteiger partial charge in [0.2, 0.25) is 5.75 Å². The second-order valence-corrected chi connectivity index (χ2v) is 13.8. The molecule has 2 aliphatic carbocycles. The highest BCUT2D eigenvalue weighted by atomic mass is 35.5. The van der Waals surface area contributed by atoms with Gasteiger partial charge in [0.1, 0.15) is 5.75 Å². The fourth-order valence-electron chi connectivity index (χ4n) is 6.70. The van der Waals surface area contributed by atoms with Gasteiger partial charge in [-0.05, 0) is 59.9 Å². The van der Waals surface area contributed by atoms with Crippen molar-refractivity contribution in [1.29, 1.82) is 0 Å². The van der Waals surface area contributed by atoms with Crippen molar-refractivity contribution >= 4 is 28.9 Å². The molecule has 0 saturated heterocycles. The Kier molecular flexibility index (Phi) is 7.98. The van der Waals surface area contributed by atoms with E-state index in [9.17, 15) is 32.9 Å². The normalized spacial score (nSPS) is 20.1. The molecule has 0 N–H and O–H groups in total. The highest BCUT2D eigenvalue weighted by Gasteiger charge is 2.49. The van der Waals surface area contributed by atoms with Crippen molar-refractivity contribution < 1.29 is 32.4 Å². The monoisotopic (exact) mass is 630 g/mol. The molecule has 0 unspecified atom stereocenters. The number of nitrogens with zero attached hydrogens (tertiary/aromatic N) is 2. The smallest absolute Gasteiger partial charge is 0.416 e. The first kappa shape index (κ1) is 31.8. The van der Waals surface area contributed by atoms with E-state index in [0.717, 1.165) is 23.9 Å². The molecule has 234 valence electrons. The third-order valence-electron chi connectivity index (χ3n) is 8.46. The number of Topliss-reactive ketones (excluding diaryl/α,β-unsaturated/α-hetero) is 2. The van der Waals surface area contributed by atoms with Crippen molar-refractivity contribution in [1.82, 2.24) is 4.90 Å². The van der Waals surface area contributed by atoms with Crippen molar-refractivity contribution in [3.8, 4) is 11.5 Å². The van der Waals surface area contributed by atoms with E-state index in [1.54, 1.807) is 12.1 Å². The molecule has 0 atom stereocenters. The molecule has 0 saturated carbocycles. The van der Waals surface area contributed by atoms with E-state index in [2.05, 4.69) is 39.5 Å². The van der Waals surface area contributed by atoms with Gasteiger partial charge >= 0.3 is 11.9 Å². The molecular formula is C33H34ClF3N2O5. The maximum atomic E-state index is 13.9. The zero-order chi connectivity index (χ0) is 32.4. The van der Waals surface area contributed by atoms with Crippen molar-refractivity contribution in [2.75, 3.05) is 6.54 Å². The van der Waals surface area contributed by atoms with E-state index in [0.29, 0.717) is 61.1 Å². The minimum absolute atomic E-state index is 0.0164. The molecule has 0 bridgehead atoms. The van der Waals surface area contributed by atoms with E-state index >= 15 is 0 Å². The van der Waals surface area contributed by atoms with Crippen LogP contribution < -0.4 is 4.74 Å². The molecule has 0 fully saturated rings. The van der Waals surface area contributed by atoms with E-state index in [1.807, 2.05) is 0 Å². The molecule has 11 heteroatoms. The molecule has 0 radical (unpaired) electrons. The summed E-state index contributed by atoms with van der Waals surface area (Å²) in [5.41, 5.74) is 1.08.